The van der Waals surface area contributed by atoms with Crippen molar-refractivity contribution in [1.29, 1.82) is 0 Å². The second-order valence-corrected chi connectivity index (χ2v) is 3.89. The number of hydrogen-bond donors (Lipinski definition) is 3. The van der Waals surface area contributed by atoms with Gasteiger partial charge < -0.3 is 15.9 Å². The predicted molar refractivity (Wildman–Crippen MR) is 54.5 cm³/mol. The minimum atomic E-state index is -0.664. The summed E-state index contributed by atoms with van der Waals surface area (Å²) in [4.78, 5) is 2.36. The lowest BCUT2D eigenvalue weighted by atomic mass is 10.2. The Morgan fingerprint density at radius 2 is 2.00 bits per heavy atom. The van der Waals surface area contributed by atoms with E-state index in [0.29, 0.717) is 18.1 Å². The fourth-order valence-corrected chi connectivity index (χ4v) is 2.01. The zero-order valence-electron chi connectivity index (χ0n) is 7.68. The van der Waals surface area contributed by atoms with Gasteiger partial charge in [0, 0.05) is 13.1 Å². The van der Waals surface area contributed by atoms with Gasteiger partial charge in [-0.15, -0.1) is 0 Å². The van der Waals surface area contributed by atoms with E-state index in [0.717, 1.165) is 6.42 Å². The molecule has 4 nitrogen and oxygen atoms in total. The van der Waals surface area contributed by atoms with Crippen LogP contribution in [0.1, 0.15) is 13.3 Å². The fraction of sp³-hybridized carbons (Fsp3) is 0.875. The summed E-state index contributed by atoms with van der Waals surface area (Å²) in [6.07, 6.45) is -0.513. The highest BCUT2D eigenvalue weighted by molar-refractivity contribution is 7.80. The molecule has 3 atom stereocenters. The van der Waals surface area contributed by atoms with Crippen molar-refractivity contribution in [3.05, 3.63) is 0 Å². The van der Waals surface area contributed by atoms with Gasteiger partial charge in [-0.05, 0) is 6.42 Å². The Hall–Kier alpha value is -0.230. The van der Waals surface area contributed by atoms with Crippen LogP contribution in [0, 0.1) is 0 Å². The number of nitrogens with zero attached hydrogens (tertiary/aromatic N) is 1. The van der Waals surface area contributed by atoms with E-state index in [4.69, 9.17) is 18.0 Å². The molecule has 5 heteroatoms. The van der Waals surface area contributed by atoms with Gasteiger partial charge in [0.1, 0.15) is 0 Å². The van der Waals surface area contributed by atoms with E-state index in [-0.39, 0.29) is 6.04 Å². The van der Waals surface area contributed by atoms with Crippen LogP contribution in [0.2, 0.25) is 0 Å². The van der Waals surface area contributed by atoms with Gasteiger partial charge in [0.15, 0.2) is 0 Å². The molecular weight excluding hydrogens is 188 g/mol. The molecule has 1 saturated heterocycles. The molecule has 0 aliphatic carbocycles. The summed E-state index contributed by atoms with van der Waals surface area (Å²) in [7, 11) is 0. The van der Waals surface area contributed by atoms with E-state index in [1.165, 1.54) is 0 Å². The molecule has 0 aromatic heterocycles. The van der Waals surface area contributed by atoms with Crippen molar-refractivity contribution in [1.82, 2.24) is 4.90 Å². The first-order valence-electron chi connectivity index (χ1n) is 4.45. The minimum absolute atomic E-state index is 0.00167. The third-order valence-electron chi connectivity index (χ3n) is 2.44. The van der Waals surface area contributed by atoms with Crippen LogP contribution in [0.15, 0.2) is 0 Å². The number of likely N-dealkylation sites (tertiary alicyclic amines) is 1. The molecule has 0 amide bonds. The first-order chi connectivity index (χ1) is 6.06. The lowest BCUT2D eigenvalue weighted by Gasteiger charge is -2.24. The van der Waals surface area contributed by atoms with Crippen molar-refractivity contribution in [2.45, 2.75) is 31.6 Å². The molecule has 0 saturated carbocycles. The maximum Gasteiger partial charge on any atom is 0.0938 e. The van der Waals surface area contributed by atoms with Crippen LogP contribution in [0.3, 0.4) is 0 Å². The predicted octanol–water partition coefficient (Wildman–Crippen LogP) is -0.911. The van der Waals surface area contributed by atoms with Crippen LogP contribution >= 0.6 is 12.2 Å². The Labute approximate surface area is 83.3 Å². The van der Waals surface area contributed by atoms with Crippen LogP contribution in [-0.2, 0) is 0 Å². The van der Waals surface area contributed by atoms with Gasteiger partial charge in [-0.3, -0.25) is 4.90 Å². The average Bonchev–Trinajstić information content (AvgIpc) is 2.32. The van der Waals surface area contributed by atoms with E-state index in [1.807, 2.05) is 11.8 Å². The molecule has 0 aromatic carbocycles. The second-order valence-electron chi connectivity index (χ2n) is 3.42. The smallest absolute Gasteiger partial charge is 0.0938 e. The van der Waals surface area contributed by atoms with Crippen molar-refractivity contribution >= 4 is 17.2 Å². The number of hydrogen-bond acceptors (Lipinski definition) is 4. The highest BCUT2D eigenvalue weighted by Gasteiger charge is 2.33. The molecule has 1 aliphatic heterocycles. The number of rotatable bonds is 3. The molecule has 0 spiro atoms. The van der Waals surface area contributed by atoms with Crippen LogP contribution in [0.25, 0.3) is 0 Å². The summed E-state index contributed by atoms with van der Waals surface area (Å²) < 4.78 is 0. The normalized spacial score (nSPS) is 31.9. The maximum atomic E-state index is 9.32. The van der Waals surface area contributed by atoms with Crippen LogP contribution in [0.5, 0.6) is 0 Å². The number of aliphatic hydroxyl groups is 2. The summed E-state index contributed by atoms with van der Waals surface area (Å²) in [5, 5.41) is 18.6. The van der Waals surface area contributed by atoms with Crippen molar-refractivity contribution in [2.24, 2.45) is 5.73 Å². The molecule has 13 heavy (non-hydrogen) atoms. The topological polar surface area (TPSA) is 69.7 Å². The van der Waals surface area contributed by atoms with Crippen molar-refractivity contribution in [3.63, 3.8) is 0 Å². The van der Waals surface area contributed by atoms with Crippen LogP contribution in [-0.4, -0.2) is 51.4 Å². The van der Waals surface area contributed by atoms with Gasteiger partial charge in [-0.25, -0.2) is 0 Å². The molecule has 76 valence electrons. The summed E-state index contributed by atoms with van der Waals surface area (Å²) in [5.41, 5.74) is 5.54. The largest absolute Gasteiger partial charge is 0.392 e. The van der Waals surface area contributed by atoms with E-state index < -0.39 is 12.2 Å². The Kier molecular flexibility index (Phi) is 3.61. The summed E-state index contributed by atoms with van der Waals surface area (Å²) >= 11 is 4.90. The highest BCUT2D eigenvalue weighted by atomic mass is 32.1. The molecule has 1 rings (SSSR count). The fourth-order valence-electron chi connectivity index (χ4n) is 1.69. The van der Waals surface area contributed by atoms with Gasteiger partial charge in [0.2, 0.25) is 0 Å². The van der Waals surface area contributed by atoms with Crippen molar-refractivity contribution in [2.75, 3.05) is 13.1 Å². The molecule has 0 radical (unpaired) electrons. The molecule has 1 heterocycles. The quantitative estimate of drug-likeness (QED) is 0.519. The monoisotopic (exact) mass is 204 g/mol. The number of aliphatic hydroxyl groups excluding tert-OH is 2. The van der Waals surface area contributed by atoms with Gasteiger partial charge in [-0.2, -0.15) is 0 Å². The van der Waals surface area contributed by atoms with Crippen molar-refractivity contribution < 1.29 is 10.2 Å². The first-order valence-corrected chi connectivity index (χ1v) is 4.86. The summed E-state index contributed by atoms with van der Waals surface area (Å²) in [6.45, 7) is 2.90. The van der Waals surface area contributed by atoms with E-state index >= 15 is 0 Å². The Morgan fingerprint density at radius 3 is 2.31 bits per heavy atom. The lowest BCUT2D eigenvalue weighted by molar-refractivity contribution is 0.0572. The Bertz CT molecular complexity index is 191. The zero-order chi connectivity index (χ0) is 10.0. The summed E-state index contributed by atoms with van der Waals surface area (Å²) in [5.74, 6) is 0. The van der Waals surface area contributed by atoms with E-state index in [2.05, 4.69) is 0 Å². The molecule has 1 fully saturated rings. The lowest BCUT2D eigenvalue weighted by Crippen LogP contribution is -2.42. The minimum Gasteiger partial charge on any atom is -0.392 e. The van der Waals surface area contributed by atoms with Gasteiger partial charge in [-0.1, -0.05) is 19.1 Å². The Balaban J connectivity index is 2.57. The third kappa shape index (κ3) is 2.37. The van der Waals surface area contributed by atoms with Gasteiger partial charge >= 0.3 is 0 Å². The molecular formula is C8H16N2O2S. The first kappa shape index (κ1) is 10.8. The van der Waals surface area contributed by atoms with Gasteiger partial charge in [0.05, 0.1) is 23.2 Å². The zero-order valence-corrected chi connectivity index (χ0v) is 8.50. The van der Waals surface area contributed by atoms with Crippen molar-refractivity contribution in [3.8, 4) is 0 Å². The van der Waals surface area contributed by atoms with Crippen LogP contribution in [0.4, 0.5) is 0 Å². The molecule has 0 bridgehead atoms. The molecule has 4 N–H and O–H groups in total. The van der Waals surface area contributed by atoms with E-state index in [9.17, 15) is 10.2 Å². The standard InChI is InChI=1S/C8H16N2O2S/c1-2-5(8(9)13)10-3-6(11)7(12)4-10/h5-7,11-12H,2-4H2,1H3,(H2,9,13). The maximum absolute atomic E-state index is 9.32. The SMILES string of the molecule is CCC(C(N)=S)N1CC(O)C(O)C1. The average molecular weight is 204 g/mol. The van der Waals surface area contributed by atoms with Gasteiger partial charge in [0.25, 0.3) is 0 Å². The third-order valence-corrected chi connectivity index (χ3v) is 2.72. The number of nitrogens with two attached hydrogens (primary N) is 1. The number of thiocarbonyl (C=S) groups is 1. The number of β-amino-alcohol motifs (C(OH)–C–C–N with tert-alkyl or cyclic N) is 2. The molecule has 3 unspecified atom stereocenters. The molecule has 0 aromatic rings. The van der Waals surface area contributed by atoms with E-state index in [1.54, 1.807) is 0 Å². The molecule has 1 aliphatic rings. The summed E-state index contributed by atoms with van der Waals surface area (Å²) in [6, 6.07) is 0.00167. The Morgan fingerprint density at radius 1 is 1.54 bits per heavy atom. The van der Waals surface area contributed by atoms with Crippen LogP contribution < -0.4 is 5.73 Å². The highest BCUT2D eigenvalue weighted by Crippen LogP contribution is 2.15. The second kappa shape index (κ2) is 4.32.